The summed E-state index contributed by atoms with van der Waals surface area (Å²) in [6.45, 7) is 4.80. The first-order valence-corrected chi connectivity index (χ1v) is 10.6. The van der Waals surface area contributed by atoms with Crippen molar-refractivity contribution >= 4 is 40.0 Å². The zero-order valence-electron chi connectivity index (χ0n) is 16.7. The predicted molar refractivity (Wildman–Crippen MR) is 121 cm³/mol. The molecule has 0 unspecified atom stereocenters. The molecule has 1 fully saturated rings. The average Bonchev–Trinajstić information content (AvgIpc) is 3.18. The minimum absolute atomic E-state index is 0.247. The number of para-hydroxylation sites is 1. The molecule has 1 aromatic heterocycles. The highest BCUT2D eigenvalue weighted by molar-refractivity contribution is 7.17. The molecule has 8 heteroatoms. The number of nitrogens with one attached hydrogen (secondary N) is 2. The molecule has 154 valence electrons. The summed E-state index contributed by atoms with van der Waals surface area (Å²) in [7, 11) is 0. The summed E-state index contributed by atoms with van der Waals surface area (Å²) in [5.41, 5.74) is 6.22. The van der Waals surface area contributed by atoms with E-state index in [0.717, 1.165) is 35.2 Å². The Kier molecular flexibility index (Phi) is 6.36. The van der Waals surface area contributed by atoms with E-state index < -0.39 is 0 Å². The minimum Gasteiger partial charge on any atom is -0.378 e. The summed E-state index contributed by atoms with van der Waals surface area (Å²) >= 11 is 1.39. The molecule has 0 aliphatic carbocycles. The number of nitrogens with zero attached hydrogens (tertiary/aromatic N) is 3. The van der Waals surface area contributed by atoms with Crippen molar-refractivity contribution in [2.75, 3.05) is 36.5 Å². The lowest BCUT2D eigenvalue weighted by molar-refractivity contribution is 0.0958. The van der Waals surface area contributed by atoms with Crippen molar-refractivity contribution < 1.29 is 9.53 Å². The van der Waals surface area contributed by atoms with E-state index in [-0.39, 0.29) is 5.91 Å². The molecule has 30 heavy (non-hydrogen) atoms. The van der Waals surface area contributed by atoms with Gasteiger partial charge < -0.3 is 15.0 Å². The first kappa shape index (κ1) is 20.1. The normalized spacial score (nSPS) is 14.1. The number of amides is 1. The van der Waals surface area contributed by atoms with Gasteiger partial charge in [-0.25, -0.2) is 10.4 Å². The molecule has 0 atom stereocenters. The van der Waals surface area contributed by atoms with Gasteiger partial charge in [-0.3, -0.25) is 4.79 Å². The lowest BCUT2D eigenvalue weighted by atomic mass is 10.2. The number of aromatic nitrogens is 1. The second kappa shape index (κ2) is 9.51. The molecule has 1 aliphatic rings. The lowest BCUT2D eigenvalue weighted by Crippen LogP contribution is -2.36. The van der Waals surface area contributed by atoms with Gasteiger partial charge in [0.1, 0.15) is 4.88 Å². The molecule has 7 nitrogen and oxygen atoms in total. The summed E-state index contributed by atoms with van der Waals surface area (Å²) in [6.07, 6.45) is 1.63. The van der Waals surface area contributed by atoms with Crippen molar-refractivity contribution in [1.29, 1.82) is 0 Å². The van der Waals surface area contributed by atoms with Crippen LogP contribution >= 0.6 is 11.3 Å². The number of hydrazone groups is 1. The Hall–Kier alpha value is -3.23. The second-order valence-electron chi connectivity index (χ2n) is 6.82. The minimum atomic E-state index is -0.247. The average molecular weight is 422 g/mol. The first-order chi connectivity index (χ1) is 14.7. The van der Waals surface area contributed by atoms with Gasteiger partial charge in [0.15, 0.2) is 5.13 Å². The number of anilines is 3. The van der Waals surface area contributed by atoms with Crippen molar-refractivity contribution in [3.63, 3.8) is 0 Å². The molecular weight excluding hydrogens is 398 g/mol. The van der Waals surface area contributed by atoms with E-state index in [2.05, 4.69) is 25.7 Å². The molecule has 0 saturated carbocycles. The van der Waals surface area contributed by atoms with Gasteiger partial charge in [-0.2, -0.15) is 5.10 Å². The molecule has 0 spiro atoms. The summed E-state index contributed by atoms with van der Waals surface area (Å²) in [5, 5.41) is 8.28. The Labute approximate surface area is 179 Å². The van der Waals surface area contributed by atoms with Crippen LogP contribution in [0.1, 0.15) is 20.9 Å². The van der Waals surface area contributed by atoms with E-state index in [4.69, 9.17) is 4.74 Å². The van der Waals surface area contributed by atoms with E-state index in [1.54, 1.807) is 6.21 Å². The van der Waals surface area contributed by atoms with Gasteiger partial charge in [-0.15, -0.1) is 0 Å². The van der Waals surface area contributed by atoms with E-state index in [0.29, 0.717) is 23.8 Å². The SMILES string of the molecule is Cc1nc(N2CCOCC2)sc1C(=O)N/N=C\c1ccc(Nc2ccccc2)cc1. The summed E-state index contributed by atoms with van der Waals surface area (Å²) in [4.78, 5) is 19.8. The Balaban J connectivity index is 1.34. The molecule has 1 amide bonds. The van der Waals surface area contributed by atoms with Gasteiger partial charge in [-0.05, 0) is 36.8 Å². The number of hydrogen-bond donors (Lipinski definition) is 2. The van der Waals surface area contributed by atoms with Crippen LogP contribution in [0.3, 0.4) is 0 Å². The highest BCUT2D eigenvalue weighted by Gasteiger charge is 2.20. The number of ether oxygens (including phenoxy) is 1. The van der Waals surface area contributed by atoms with Gasteiger partial charge >= 0.3 is 0 Å². The van der Waals surface area contributed by atoms with Crippen molar-refractivity contribution in [3.05, 3.63) is 70.7 Å². The quantitative estimate of drug-likeness (QED) is 0.468. The van der Waals surface area contributed by atoms with Crippen LogP contribution in [0.2, 0.25) is 0 Å². The van der Waals surface area contributed by atoms with Crippen LogP contribution < -0.4 is 15.6 Å². The van der Waals surface area contributed by atoms with E-state index in [1.165, 1.54) is 11.3 Å². The summed E-state index contributed by atoms with van der Waals surface area (Å²) in [5.74, 6) is -0.247. The van der Waals surface area contributed by atoms with Gasteiger partial charge in [0.05, 0.1) is 25.1 Å². The number of benzene rings is 2. The molecule has 0 bridgehead atoms. The first-order valence-electron chi connectivity index (χ1n) is 9.75. The maximum atomic E-state index is 12.5. The fourth-order valence-electron chi connectivity index (χ4n) is 3.04. The van der Waals surface area contributed by atoms with Gasteiger partial charge in [0.2, 0.25) is 0 Å². The number of aryl methyl sites for hydroxylation is 1. The smallest absolute Gasteiger partial charge is 0.283 e. The Morgan fingerprint density at radius 1 is 1.10 bits per heavy atom. The molecule has 3 aromatic rings. The number of hydrogen-bond acceptors (Lipinski definition) is 7. The topological polar surface area (TPSA) is 78.9 Å². The summed E-state index contributed by atoms with van der Waals surface area (Å²) < 4.78 is 5.37. The number of thiazole rings is 1. The van der Waals surface area contributed by atoms with E-state index in [9.17, 15) is 4.79 Å². The Morgan fingerprint density at radius 3 is 2.53 bits per heavy atom. The predicted octanol–water partition coefficient (Wildman–Crippen LogP) is 3.80. The third-order valence-electron chi connectivity index (χ3n) is 4.63. The van der Waals surface area contributed by atoms with Crippen molar-refractivity contribution in [2.45, 2.75) is 6.92 Å². The second-order valence-corrected chi connectivity index (χ2v) is 7.80. The molecule has 0 radical (unpaired) electrons. The molecule has 1 aliphatic heterocycles. The van der Waals surface area contributed by atoms with Crippen LogP contribution in [0.25, 0.3) is 0 Å². The Morgan fingerprint density at radius 2 is 1.80 bits per heavy atom. The van der Waals surface area contributed by atoms with Gasteiger partial charge in [0, 0.05) is 24.5 Å². The van der Waals surface area contributed by atoms with Crippen molar-refractivity contribution in [3.8, 4) is 0 Å². The van der Waals surface area contributed by atoms with Crippen LogP contribution in [-0.2, 0) is 4.74 Å². The third kappa shape index (κ3) is 5.03. The van der Waals surface area contributed by atoms with E-state index in [1.807, 2.05) is 61.5 Å². The largest absolute Gasteiger partial charge is 0.378 e. The Bertz CT molecular complexity index is 1010. The zero-order valence-corrected chi connectivity index (χ0v) is 17.5. The van der Waals surface area contributed by atoms with Crippen molar-refractivity contribution in [2.24, 2.45) is 5.10 Å². The molecular formula is C22H23N5O2S. The molecule has 2 N–H and O–H groups in total. The lowest BCUT2D eigenvalue weighted by Gasteiger charge is -2.25. The van der Waals surface area contributed by atoms with Crippen molar-refractivity contribution in [1.82, 2.24) is 10.4 Å². The van der Waals surface area contributed by atoms with Crippen LogP contribution in [0.5, 0.6) is 0 Å². The molecule has 2 heterocycles. The van der Waals surface area contributed by atoms with Gasteiger partial charge in [-0.1, -0.05) is 41.7 Å². The van der Waals surface area contributed by atoms with Gasteiger partial charge in [0.25, 0.3) is 5.91 Å². The highest BCUT2D eigenvalue weighted by Crippen LogP contribution is 2.26. The van der Waals surface area contributed by atoms with E-state index >= 15 is 0 Å². The standard InChI is InChI=1S/C22H23N5O2S/c1-16-20(30-22(24-16)27-11-13-29-14-12-27)21(28)26-23-15-17-7-9-19(10-8-17)25-18-5-3-2-4-6-18/h2-10,15,25H,11-14H2,1H3,(H,26,28)/b23-15-. The zero-order chi connectivity index (χ0) is 20.8. The number of rotatable bonds is 6. The molecule has 1 saturated heterocycles. The highest BCUT2D eigenvalue weighted by atomic mass is 32.1. The monoisotopic (exact) mass is 421 g/mol. The van der Waals surface area contributed by atoms with Crippen LogP contribution in [0.15, 0.2) is 59.7 Å². The number of carbonyl (C=O) groups excluding carboxylic acids is 1. The third-order valence-corrected chi connectivity index (χ3v) is 5.84. The summed E-state index contributed by atoms with van der Waals surface area (Å²) in [6, 6.07) is 17.8. The molecule has 4 rings (SSSR count). The molecule has 2 aromatic carbocycles. The van der Waals surface area contributed by atoms with Crippen LogP contribution in [-0.4, -0.2) is 43.4 Å². The maximum absolute atomic E-state index is 12.5. The number of morpholine rings is 1. The van der Waals surface area contributed by atoms with Crippen LogP contribution in [0, 0.1) is 6.92 Å². The van der Waals surface area contributed by atoms with Crippen LogP contribution in [0.4, 0.5) is 16.5 Å². The maximum Gasteiger partial charge on any atom is 0.283 e. The fourth-order valence-corrected chi connectivity index (χ4v) is 4.05. The fraction of sp³-hybridized carbons (Fsp3) is 0.227. The number of carbonyl (C=O) groups is 1.